The summed E-state index contributed by atoms with van der Waals surface area (Å²) in [7, 11) is 0. The van der Waals surface area contributed by atoms with Gasteiger partial charge >= 0.3 is 0 Å². The van der Waals surface area contributed by atoms with Crippen LogP contribution >= 0.6 is 0 Å². The first kappa shape index (κ1) is 14.1. The Balaban J connectivity index is 2.47. The van der Waals surface area contributed by atoms with Crippen LogP contribution in [0.2, 0.25) is 0 Å². The van der Waals surface area contributed by atoms with Crippen LogP contribution in [0.15, 0.2) is 0 Å². The SMILES string of the molecule is CC(C)(C)C1CCN(OS(=O)C(C)(C)C)C1. The summed E-state index contributed by atoms with van der Waals surface area (Å²) in [5.41, 5.74) is 0.307. The van der Waals surface area contributed by atoms with Crippen LogP contribution in [0.5, 0.6) is 0 Å². The fourth-order valence-electron chi connectivity index (χ4n) is 1.71. The molecule has 96 valence electrons. The maximum atomic E-state index is 11.8. The van der Waals surface area contributed by atoms with Gasteiger partial charge in [0.15, 0.2) is 11.1 Å². The highest BCUT2D eigenvalue weighted by atomic mass is 32.2. The van der Waals surface area contributed by atoms with Gasteiger partial charge in [0.25, 0.3) is 0 Å². The Kier molecular flexibility index (Phi) is 4.19. The lowest BCUT2D eigenvalue weighted by molar-refractivity contribution is -0.0303. The minimum atomic E-state index is -1.24. The first-order chi connectivity index (χ1) is 7.10. The van der Waals surface area contributed by atoms with Gasteiger partial charge in [0.2, 0.25) is 0 Å². The monoisotopic (exact) mass is 247 g/mol. The highest BCUT2D eigenvalue weighted by Crippen LogP contribution is 2.34. The molecule has 0 aromatic carbocycles. The molecule has 0 aromatic rings. The third-order valence-electron chi connectivity index (χ3n) is 3.05. The molecule has 0 saturated carbocycles. The standard InChI is InChI=1S/C12H25NO2S/c1-11(2,3)10-7-8-13(9-10)15-16(14)12(4,5)6/h10H,7-9H2,1-6H3. The number of nitrogens with zero attached hydrogens (tertiary/aromatic N) is 1. The van der Waals surface area contributed by atoms with Gasteiger partial charge in [0.05, 0.1) is 4.75 Å². The second kappa shape index (κ2) is 4.75. The molecule has 1 rings (SSSR count). The van der Waals surface area contributed by atoms with Crippen molar-refractivity contribution < 1.29 is 8.49 Å². The second-order valence-electron chi connectivity index (χ2n) is 6.66. The molecule has 0 N–H and O–H groups in total. The van der Waals surface area contributed by atoms with E-state index in [2.05, 4.69) is 20.8 Å². The maximum absolute atomic E-state index is 11.8. The lowest BCUT2D eigenvalue weighted by atomic mass is 9.80. The Bertz CT molecular complexity index is 265. The van der Waals surface area contributed by atoms with Crippen molar-refractivity contribution in [3.63, 3.8) is 0 Å². The van der Waals surface area contributed by atoms with Gasteiger partial charge in [0, 0.05) is 13.1 Å². The Morgan fingerprint density at radius 2 is 1.75 bits per heavy atom. The van der Waals surface area contributed by atoms with E-state index in [9.17, 15) is 4.21 Å². The quantitative estimate of drug-likeness (QED) is 0.751. The molecule has 1 aliphatic rings. The Morgan fingerprint density at radius 1 is 1.19 bits per heavy atom. The average molecular weight is 247 g/mol. The van der Waals surface area contributed by atoms with Gasteiger partial charge in [-0.3, -0.25) is 0 Å². The van der Waals surface area contributed by atoms with E-state index in [1.54, 1.807) is 0 Å². The van der Waals surface area contributed by atoms with E-state index in [1.165, 1.54) is 0 Å². The van der Waals surface area contributed by atoms with Crippen LogP contribution in [0.4, 0.5) is 0 Å². The van der Waals surface area contributed by atoms with Crippen LogP contribution in [-0.2, 0) is 15.4 Å². The minimum absolute atomic E-state index is 0.306. The van der Waals surface area contributed by atoms with Crippen LogP contribution < -0.4 is 0 Å². The van der Waals surface area contributed by atoms with Gasteiger partial charge in [-0.25, -0.2) is 4.21 Å². The van der Waals surface area contributed by atoms with Crippen LogP contribution in [0.1, 0.15) is 48.0 Å². The third kappa shape index (κ3) is 3.82. The smallest absolute Gasteiger partial charge is 0.178 e. The largest absolute Gasteiger partial charge is 0.228 e. The number of hydrogen-bond donors (Lipinski definition) is 0. The number of hydrogen-bond acceptors (Lipinski definition) is 3. The molecule has 0 radical (unpaired) electrons. The highest BCUT2D eigenvalue weighted by Gasteiger charge is 2.34. The zero-order valence-corrected chi connectivity index (χ0v) is 12.2. The lowest BCUT2D eigenvalue weighted by Gasteiger charge is -2.27. The summed E-state index contributed by atoms with van der Waals surface area (Å²) < 4.78 is 17.0. The summed E-state index contributed by atoms with van der Waals surface area (Å²) in [6.07, 6.45) is 1.13. The summed E-state index contributed by atoms with van der Waals surface area (Å²) in [5.74, 6) is 0.629. The topological polar surface area (TPSA) is 29.5 Å². The lowest BCUT2D eigenvalue weighted by Crippen LogP contribution is -2.32. The predicted molar refractivity (Wildman–Crippen MR) is 68.1 cm³/mol. The highest BCUT2D eigenvalue weighted by molar-refractivity contribution is 7.81. The van der Waals surface area contributed by atoms with Crippen molar-refractivity contribution in [3.8, 4) is 0 Å². The van der Waals surface area contributed by atoms with Gasteiger partial charge < -0.3 is 0 Å². The summed E-state index contributed by atoms with van der Waals surface area (Å²) in [5, 5.41) is 1.87. The zero-order chi connectivity index (χ0) is 12.6. The van der Waals surface area contributed by atoms with E-state index in [1.807, 2.05) is 25.8 Å². The van der Waals surface area contributed by atoms with Gasteiger partial charge in [-0.15, -0.1) is 0 Å². The van der Waals surface area contributed by atoms with Crippen molar-refractivity contribution >= 4 is 11.1 Å². The minimum Gasteiger partial charge on any atom is -0.228 e. The first-order valence-electron chi connectivity index (χ1n) is 5.96. The van der Waals surface area contributed by atoms with E-state index >= 15 is 0 Å². The Labute approximate surface area is 102 Å². The van der Waals surface area contributed by atoms with Gasteiger partial charge in [-0.2, -0.15) is 9.35 Å². The van der Waals surface area contributed by atoms with Crippen molar-refractivity contribution in [2.75, 3.05) is 13.1 Å². The molecule has 1 heterocycles. The van der Waals surface area contributed by atoms with E-state index in [-0.39, 0.29) is 4.75 Å². The van der Waals surface area contributed by atoms with Crippen molar-refractivity contribution in [3.05, 3.63) is 0 Å². The molecule has 0 amide bonds. The molecule has 0 bridgehead atoms. The fourth-order valence-corrected chi connectivity index (χ4v) is 2.26. The average Bonchev–Trinajstić information content (AvgIpc) is 2.49. The molecule has 2 atom stereocenters. The molecule has 0 aliphatic carbocycles. The van der Waals surface area contributed by atoms with E-state index in [0.717, 1.165) is 19.5 Å². The third-order valence-corrected chi connectivity index (χ3v) is 4.40. The molecular formula is C12H25NO2S. The second-order valence-corrected chi connectivity index (χ2v) is 8.50. The molecule has 1 aliphatic heterocycles. The summed E-state index contributed by atoms with van der Waals surface area (Å²) in [6.45, 7) is 14.3. The summed E-state index contributed by atoms with van der Waals surface area (Å²) >= 11 is -1.24. The molecule has 1 fully saturated rings. The van der Waals surface area contributed by atoms with Crippen molar-refractivity contribution in [1.29, 1.82) is 0 Å². The molecule has 1 saturated heterocycles. The summed E-state index contributed by atoms with van der Waals surface area (Å²) in [6, 6.07) is 0. The van der Waals surface area contributed by atoms with Crippen molar-refractivity contribution in [1.82, 2.24) is 5.06 Å². The van der Waals surface area contributed by atoms with Crippen LogP contribution in [-0.4, -0.2) is 27.1 Å². The fraction of sp³-hybridized carbons (Fsp3) is 1.00. The summed E-state index contributed by atoms with van der Waals surface area (Å²) in [4.78, 5) is 0. The van der Waals surface area contributed by atoms with Crippen LogP contribution in [0.25, 0.3) is 0 Å². The molecule has 4 heteroatoms. The number of rotatable bonds is 2. The first-order valence-corrected chi connectivity index (χ1v) is 7.03. The van der Waals surface area contributed by atoms with E-state index < -0.39 is 11.1 Å². The Morgan fingerprint density at radius 3 is 2.12 bits per heavy atom. The van der Waals surface area contributed by atoms with E-state index in [0.29, 0.717) is 11.3 Å². The molecule has 0 aromatic heterocycles. The maximum Gasteiger partial charge on any atom is 0.178 e. The predicted octanol–water partition coefficient (Wildman–Crippen LogP) is 2.75. The van der Waals surface area contributed by atoms with Gasteiger partial charge in [0.1, 0.15) is 0 Å². The normalized spacial score (nSPS) is 26.0. The van der Waals surface area contributed by atoms with Crippen LogP contribution in [0, 0.1) is 11.3 Å². The van der Waals surface area contributed by atoms with Crippen molar-refractivity contribution in [2.24, 2.45) is 11.3 Å². The zero-order valence-electron chi connectivity index (χ0n) is 11.4. The Hall–Kier alpha value is 0.0700. The molecule has 0 spiro atoms. The van der Waals surface area contributed by atoms with Crippen LogP contribution in [0.3, 0.4) is 0 Å². The van der Waals surface area contributed by atoms with Crippen molar-refractivity contribution in [2.45, 2.75) is 52.7 Å². The molecular weight excluding hydrogens is 222 g/mol. The van der Waals surface area contributed by atoms with Gasteiger partial charge in [-0.1, -0.05) is 20.8 Å². The van der Waals surface area contributed by atoms with E-state index in [4.69, 9.17) is 4.28 Å². The number of hydroxylamine groups is 2. The molecule has 2 unspecified atom stereocenters. The molecule has 16 heavy (non-hydrogen) atoms. The molecule has 3 nitrogen and oxygen atoms in total. The van der Waals surface area contributed by atoms with Gasteiger partial charge in [-0.05, 0) is 38.5 Å².